The number of hydrogen-bond acceptors (Lipinski definition) is 8. The molecule has 5 rings (SSSR count). The summed E-state index contributed by atoms with van der Waals surface area (Å²) in [5.41, 5.74) is 1.35. The summed E-state index contributed by atoms with van der Waals surface area (Å²) in [6.45, 7) is 3.38. The highest BCUT2D eigenvalue weighted by Gasteiger charge is 2.32. The molecule has 2 aliphatic rings. The van der Waals surface area contributed by atoms with Crippen LogP contribution in [0.25, 0.3) is 0 Å². The van der Waals surface area contributed by atoms with Crippen LogP contribution in [0, 0.1) is 11.7 Å². The zero-order valence-corrected chi connectivity index (χ0v) is 20.5. The molecule has 9 nitrogen and oxygen atoms in total. The molecule has 2 aromatic carbocycles. The highest BCUT2D eigenvalue weighted by molar-refractivity contribution is 7.89. The Bertz CT molecular complexity index is 1280. The largest absolute Gasteiger partial charge is 0.390 e. The van der Waals surface area contributed by atoms with E-state index in [1.54, 1.807) is 53.0 Å². The highest BCUT2D eigenvalue weighted by Crippen LogP contribution is 2.27. The Morgan fingerprint density at radius 1 is 0.944 bits per heavy atom. The van der Waals surface area contributed by atoms with Gasteiger partial charge in [0, 0.05) is 50.3 Å². The average Bonchev–Trinajstić information content (AvgIpc) is 2.85. The molecule has 36 heavy (non-hydrogen) atoms. The van der Waals surface area contributed by atoms with Crippen molar-refractivity contribution in [3.05, 3.63) is 66.6 Å². The molecule has 1 aromatic heterocycles. The number of piperidine rings is 1. The van der Waals surface area contributed by atoms with Crippen molar-refractivity contribution in [2.24, 2.45) is 5.92 Å². The maximum Gasteiger partial charge on any atom is 0.243 e. The number of benzene rings is 2. The van der Waals surface area contributed by atoms with Crippen LogP contribution < -0.4 is 10.6 Å². The quantitative estimate of drug-likeness (QED) is 0.422. The van der Waals surface area contributed by atoms with Crippen LogP contribution in [-0.2, 0) is 10.0 Å². The Morgan fingerprint density at radius 3 is 2.25 bits per heavy atom. The van der Waals surface area contributed by atoms with Crippen LogP contribution in [0.4, 0.5) is 27.5 Å². The molecule has 2 saturated heterocycles. The predicted octanol–water partition coefficient (Wildman–Crippen LogP) is 3.18. The van der Waals surface area contributed by atoms with Crippen LogP contribution in [-0.4, -0.2) is 71.5 Å². The number of sulfonamides is 1. The van der Waals surface area contributed by atoms with Gasteiger partial charge < -0.3 is 15.7 Å². The number of halogens is 1. The third-order valence-corrected chi connectivity index (χ3v) is 8.46. The van der Waals surface area contributed by atoms with Gasteiger partial charge in [0.05, 0.1) is 11.0 Å². The van der Waals surface area contributed by atoms with Crippen LogP contribution in [0.2, 0.25) is 0 Å². The van der Waals surface area contributed by atoms with Gasteiger partial charge in [0.15, 0.2) is 0 Å². The molecule has 3 aromatic rings. The molecule has 0 unspecified atom stereocenters. The first-order chi connectivity index (χ1) is 17.3. The van der Waals surface area contributed by atoms with E-state index in [9.17, 15) is 17.9 Å². The molecule has 190 valence electrons. The topological polar surface area (TPSA) is 111 Å². The fourth-order valence-electron chi connectivity index (χ4n) is 4.55. The lowest BCUT2D eigenvalue weighted by atomic mass is 9.96. The van der Waals surface area contributed by atoms with E-state index in [0.717, 1.165) is 32.5 Å². The van der Waals surface area contributed by atoms with E-state index in [1.165, 1.54) is 12.1 Å². The third-order valence-electron chi connectivity index (χ3n) is 6.55. The number of aliphatic hydroxyl groups is 1. The second-order valence-electron chi connectivity index (χ2n) is 9.27. The van der Waals surface area contributed by atoms with Crippen molar-refractivity contribution in [2.45, 2.75) is 23.8 Å². The maximum absolute atomic E-state index is 13.1. The minimum Gasteiger partial charge on any atom is -0.390 e. The van der Waals surface area contributed by atoms with Crippen molar-refractivity contribution in [2.75, 3.05) is 43.4 Å². The van der Waals surface area contributed by atoms with Crippen molar-refractivity contribution in [3.8, 4) is 0 Å². The SMILES string of the molecule is O=S(=O)(c1ccc(Nc2nccc(Nc3ccc(F)cc3)n2)cc1)N1CCC(CN2CC(O)C2)CC1. The lowest BCUT2D eigenvalue weighted by molar-refractivity contribution is -0.0103. The Balaban J connectivity index is 1.17. The number of hydrogen-bond donors (Lipinski definition) is 3. The first-order valence-corrected chi connectivity index (χ1v) is 13.4. The molecule has 0 saturated carbocycles. The van der Waals surface area contributed by atoms with Crippen molar-refractivity contribution < 1.29 is 17.9 Å². The zero-order valence-electron chi connectivity index (χ0n) is 19.7. The number of aliphatic hydroxyl groups excluding tert-OH is 1. The summed E-state index contributed by atoms with van der Waals surface area (Å²) in [4.78, 5) is 11.1. The van der Waals surface area contributed by atoms with Gasteiger partial charge in [-0.2, -0.15) is 9.29 Å². The molecule has 0 bridgehead atoms. The smallest absolute Gasteiger partial charge is 0.243 e. The average molecular weight is 513 g/mol. The van der Waals surface area contributed by atoms with Crippen LogP contribution in [0.3, 0.4) is 0 Å². The summed E-state index contributed by atoms with van der Waals surface area (Å²) in [6, 6.07) is 14.2. The number of nitrogens with one attached hydrogen (secondary N) is 2. The monoisotopic (exact) mass is 512 g/mol. The molecule has 0 spiro atoms. The number of β-amino-alcohol motifs (C(OH)–C–C–N with tert-alkyl or cyclic N) is 1. The Hall–Kier alpha value is -3.12. The molecule has 3 N–H and O–H groups in total. The molecular weight excluding hydrogens is 483 g/mol. The van der Waals surface area contributed by atoms with E-state index in [0.29, 0.717) is 42.1 Å². The van der Waals surface area contributed by atoms with Crippen molar-refractivity contribution in [1.82, 2.24) is 19.2 Å². The van der Waals surface area contributed by atoms with E-state index in [-0.39, 0.29) is 16.8 Å². The van der Waals surface area contributed by atoms with Crippen molar-refractivity contribution in [1.29, 1.82) is 0 Å². The van der Waals surface area contributed by atoms with Gasteiger partial charge >= 0.3 is 0 Å². The molecule has 0 aliphatic carbocycles. The Labute approximate surface area is 210 Å². The van der Waals surface area contributed by atoms with Gasteiger partial charge in [-0.05, 0) is 73.4 Å². The fraction of sp³-hybridized carbons (Fsp3) is 0.360. The number of nitrogens with zero attached hydrogens (tertiary/aromatic N) is 4. The van der Waals surface area contributed by atoms with Gasteiger partial charge in [0.25, 0.3) is 0 Å². The molecular formula is C25H29FN6O3S. The zero-order chi connectivity index (χ0) is 25.1. The summed E-state index contributed by atoms with van der Waals surface area (Å²) >= 11 is 0. The van der Waals surface area contributed by atoms with E-state index < -0.39 is 10.0 Å². The molecule has 2 fully saturated rings. The van der Waals surface area contributed by atoms with Crippen molar-refractivity contribution >= 4 is 33.2 Å². The van der Waals surface area contributed by atoms with Gasteiger partial charge in [-0.25, -0.2) is 17.8 Å². The van der Waals surface area contributed by atoms with Crippen molar-refractivity contribution in [3.63, 3.8) is 0 Å². The van der Waals surface area contributed by atoms with E-state index >= 15 is 0 Å². The maximum atomic E-state index is 13.1. The van der Waals surface area contributed by atoms with Gasteiger partial charge in [-0.1, -0.05) is 0 Å². The van der Waals surface area contributed by atoms with Crippen LogP contribution >= 0.6 is 0 Å². The summed E-state index contributed by atoms with van der Waals surface area (Å²) < 4.78 is 41.0. The second kappa shape index (κ2) is 10.5. The molecule has 2 aliphatic heterocycles. The summed E-state index contributed by atoms with van der Waals surface area (Å²) in [6.07, 6.45) is 3.03. The van der Waals surface area contributed by atoms with E-state index in [2.05, 4.69) is 25.5 Å². The van der Waals surface area contributed by atoms with Gasteiger partial charge in [-0.15, -0.1) is 0 Å². The lowest BCUT2D eigenvalue weighted by Crippen LogP contribution is -2.53. The number of anilines is 4. The molecule has 3 heterocycles. The number of rotatable bonds is 8. The first-order valence-electron chi connectivity index (χ1n) is 12.0. The molecule has 11 heteroatoms. The predicted molar refractivity (Wildman–Crippen MR) is 135 cm³/mol. The van der Waals surface area contributed by atoms with Gasteiger partial charge in [-0.3, -0.25) is 4.90 Å². The minimum atomic E-state index is -3.56. The highest BCUT2D eigenvalue weighted by atomic mass is 32.2. The Morgan fingerprint density at radius 2 is 1.58 bits per heavy atom. The van der Waals surface area contributed by atoms with Crippen LogP contribution in [0.5, 0.6) is 0 Å². The number of aromatic nitrogens is 2. The lowest BCUT2D eigenvalue weighted by Gasteiger charge is -2.40. The van der Waals surface area contributed by atoms with Crippen LogP contribution in [0.1, 0.15) is 12.8 Å². The summed E-state index contributed by atoms with van der Waals surface area (Å²) in [5.74, 6) is 1.02. The standard InChI is InChI=1S/C25H29FN6O3S/c26-19-1-3-20(4-2-19)28-24-9-12-27-25(30-24)29-21-5-7-23(8-6-21)36(34,35)32-13-10-18(11-14-32)15-31-16-22(33)17-31/h1-9,12,18,22,33H,10-11,13-17H2,(H2,27,28,29,30). The first kappa shape index (κ1) is 24.6. The van der Waals surface area contributed by atoms with Gasteiger partial charge in [0.1, 0.15) is 11.6 Å². The van der Waals surface area contributed by atoms with Crippen LogP contribution in [0.15, 0.2) is 65.7 Å². The third kappa shape index (κ3) is 5.81. The molecule has 0 amide bonds. The fourth-order valence-corrected chi connectivity index (χ4v) is 6.02. The Kier molecular flexibility index (Phi) is 7.15. The van der Waals surface area contributed by atoms with Gasteiger partial charge in [0.2, 0.25) is 16.0 Å². The second-order valence-corrected chi connectivity index (χ2v) is 11.2. The molecule has 0 atom stereocenters. The van der Waals surface area contributed by atoms with E-state index in [1.807, 2.05) is 0 Å². The number of likely N-dealkylation sites (tertiary alicyclic amines) is 1. The minimum absolute atomic E-state index is 0.212. The summed E-state index contributed by atoms with van der Waals surface area (Å²) in [5, 5.41) is 15.6. The van der Waals surface area contributed by atoms with E-state index in [4.69, 9.17) is 0 Å². The molecule has 0 radical (unpaired) electrons. The normalized spacial score (nSPS) is 18.1. The summed E-state index contributed by atoms with van der Waals surface area (Å²) in [7, 11) is -3.56.